The second-order valence-corrected chi connectivity index (χ2v) is 5.46. The Balaban J connectivity index is 2.25. The molecular weight excluding hydrogens is 351 g/mol. The molecule has 138 valence electrons. The lowest BCUT2D eigenvalue weighted by molar-refractivity contribution is -0.144. The lowest BCUT2D eigenvalue weighted by Crippen LogP contribution is -2.43. The third kappa shape index (κ3) is 4.75. The van der Waals surface area contributed by atoms with Gasteiger partial charge in [0.05, 0.1) is 12.7 Å². The van der Waals surface area contributed by atoms with Gasteiger partial charge in [-0.2, -0.15) is 13.2 Å². The molecule has 0 radical (unpaired) electrons. The van der Waals surface area contributed by atoms with Gasteiger partial charge in [-0.05, 0) is 35.9 Å². The Morgan fingerprint density at radius 1 is 1.12 bits per heavy atom. The number of esters is 1. The standard InChI is InChI=1S/C18H16F3NO4/c1-26-17(25)15(22-16(24)11-6-8-13(23)9-7-11)10-12-4-2-3-5-14(12)18(19,20)21/h2-9,15,23H,10H2,1H3,(H,22,24)/t15-/m0/s1. The molecule has 0 fully saturated rings. The second-order valence-electron chi connectivity index (χ2n) is 5.46. The predicted molar refractivity (Wildman–Crippen MR) is 86.5 cm³/mol. The van der Waals surface area contributed by atoms with Crippen molar-refractivity contribution < 1.29 is 32.6 Å². The second kappa shape index (κ2) is 7.90. The summed E-state index contributed by atoms with van der Waals surface area (Å²) < 4.78 is 44.0. The molecule has 2 N–H and O–H groups in total. The summed E-state index contributed by atoms with van der Waals surface area (Å²) in [4.78, 5) is 24.2. The number of halogens is 3. The number of carbonyl (C=O) groups excluding carboxylic acids is 2. The Kier molecular flexibility index (Phi) is 5.86. The fourth-order valence-electron chi connectivity index (χ4n) is 2.38. The number of methoxy groups -OCH3 is 1. The van der Waals surface area contributed by atoms with E-state index in [1.165, 1.54) is 42.5 Å². The maximum Gasteiger partial charge on any atom is 0.416 e. The smallest absolute Gasteiger partial charge is 0.416 e. The number of nitrogens with one attached hydrogen (secondary N) is 1. The van der Waals surface area contributed by atoms with E-state index in [4.69, 9.17) is 0 Å². The molecule has 0 aromatic heterocycles. The molecule has 0 spiro atoms. The van der Waals surface area contributed by atoms with E-state index >= 15 is 0 Å². The van der Waals surface area contributed by atoms with Crippen LogP contribution in [0.5, 0.6) is 5.75 Å². The van der Waals surface area contributed by atoms with Crippen LogP contribution in [0.2, 0.25) is 0 Å². The van der Waals surface area contributed by atoms with Crippen LogP contribution in [0, 0.1) is 0 Å². The van der Waals surface area contributed by atoms with E-state index in [2.05, 4.69) is 10.1 Å². The van der Waals surface area contributed by atoms with Crippen molar-refractivity contribution in [3.05, 3.63) is 65.2 Å². The largest absolute Gasteiger partial charge is 0.508 e. The number of carbonyl (C=O) groups is 2. The van der Waals surface area contributed by atoms with E-state index in [-0.39, 0.29) is 23.3 Å². The first-order valence-electron chi connectivity index (χ1n) is 7.55. The summed E-state index contributed by atoms with van der Waals surface area (Å²) in [5.74, 6) is -1.59. The Hall–Kier alpha value is -3.03. The molecule has 0 unspecified atom stereocenters. The normalized spacial score (nSPS) is 12.3. The predicted octanol–water partition coefficient (Wildman–Crippen LogP) is 2.93. The number of amides is 1. The molecule has 0 aliphatic carbocycles. The first-order chi connectivity index (χ1) is 12.2. The fourth-order valence-corrected chi connectivity index (χ4v) is 2.38. The van der Waals surface area contributed by atoms with Crippen LogP contribution in [-0.4, -0.2) is 30.1 Å². The Morgan fingerprint density at radius 3 is 2.31 bits per heavy atom. The zero-order chi connectivity index (χ0) is 19.3. The van der Waals surface area contributed by atoms with Gasteiger partial charge in [0, 0.05) is 12.0 Å². The molecule has 5 nitrogen and oxygen atoms in total. The van der Waals surface area contributed by atoms with Crippen molar-refractivity contribution in [1.82, 2.24) is 5.32 Å². The van der Waals surface area contributed by atoms with Crippen LogP contribution in [0.4, 0.5) is 13.2 Å². The van der Waals surface area contributed by atoms with E-state index in [1.807, 2.05) is 0 Å². The zero-order valence-electron chi connectivity index (χ0n) is 13.7. The van der Waals surface area contributed by atoms with Gasteiger partial charge in [0.25, 0.3) is 5.91 Å². The first kappa shape index (κ1) is 19.3. The molecule has 8 heteroatoms. The van der Waals surface area contributed by atoms with E-state index < -0.39 is 29.7 Å². The minimum absolute atomic E-state index is 0.0508. The van der Waals surface area contributed by atoms with Gasteiger partial charge in [-0.15, -0.1) is 0 Å². The summed E-state index contributed by atoms with van der Waals surface area (Å²) >= 11 is 0. The molecule has 0 aliphatic heterocycles. The Bertz CT molecular complexity index is 788. The van der Waals surface area contributed by atoms with Gasteiger partial charge in [-0.3, -0.25) is 4.79 Å². The number of phenols is 1. The number of ether oxygens (including phenoxy) is 1. The summed E-state index contributed by atoms with van der Waals surface area (Å²) in [5, 5.41) is 11.6. The number of hydrogen-bond donors (Lipinski definition) is 2. The third-order valence-corrected chi connectivity index (χ3v) is 3.67. The topological polar surface area (TPSA) is 75.6 Å². The monoisotopic (exact) mass is 367 g/mol. The van der Waals surface area contributed by atoms with Gasteiger partial charge in [-0.25, -0.2) is 4.79 Å². The summed E-state index contributed by atoms with van der Waals surface area (Å²) in [5.41, 5.74) is -0.880. The third-order valence-electron chi connectivity index (χ3n) is 3.67. The van der Waals surface area contributed by atoms with Crippen molar-refractivity contribution in [2.75, 3.05) is 7.11 Å². The van der Waals surface area contributed by atoms with E-state index in [1.54, 1.807) is 0 Å². The SMILES string of the molecule is COC(=O)[C@H](Cc1ccccc1C(F)(F)F)NC(=O)c1ccc(O)cc1. The lowest BCUT2D eigenvalue weighted by atomic mass is 9.99. The summed E-state index contributed by atoms with van der Waals surface area (Å²) in [6.45, 7) is 0. The highest BCUT2D eigenvalue weighted by atomic mass is 19.4. The highest BCUT2D eigenvalue weighted by Gasteiger charge is 2.34. The highest BCUT2D eigenvalue weighted by Crippen LogP contribution is 2.32. The molecule has 0 aliphatic rings. The first-order valence-corrected chi connectivity index (χ1v) is 7.55. The minimum atomic E-state index is -4.59. The number of alkyl halides is 3. The van der Waals surface area contributed by atoms with Crippen LogP contribution in [0.25, 0.3) is 0 Å². The molecule has 0 saturated carbocycles. The number of phenolic OH excluding ortho intramolecular Hbond substituents is 1. The van der Waals surface area contributed by atoms with Crippen LogP contribution in [0.1, 0.15) is 21.5 Å². The molecule has 0 heterocycles. The average Bonchev–Trinajstić information content (AvgIpc) is 2.60. The quantitative estimate of drug-likeness (QED) is 0.797. The summed E-state index contributed by atoms with van der Waals surface area (Å²) in [7, 11) is 1.08. The van der Waals surface area contributed by atoms with Gasteiger partial charge < -0.3 is 15.2 Å². The fraction of sp³-hybridized carbons (Fsp3) is 0.222. The molecule has 1 atom stereocenters. The Labute approximate surface area is 147 Å². The van der Waals surface area contributed by atoms with Crippen LogP contribution < -0.4 is 5.32 Å². The van der Waals surface area contributed by atoms with Crippen LogP contribution in [0.3, 0.4) is 0 Å². The number of benzene rings is 2. The number of hydrogen-bond acceptors (Lipinski definition) is 4. The van der Waals surface area contributed by atoms with E-state index in [9.17, 15) is 27.9 Å². The van der Waals surface area contributed by atoms with Gasteiger partial charge in [0.2, 0.25) is 0 Å². The molecular formula is C18H16F3NO4. The van der Waals surface area contributed by atoms with E-state index in [0.29, 0.717) is 0 Å². The molecule has 0 saturated heterocycles. The maximum absolute atomic E-state index is 13.1. The highest BCUT2D eigenvalue weighted by molar-refractivity contribution is 5.96. The minimum Gasteiger partial charge on any atom is -0.508 e. The summed E-state index contributed by atoms with van der Waals surface area (Å²) in [6.07, 6.45) is -4.97. The van der Waals surface area contributed by atoms with Crippen molar-refractivity contribution in [2.24, 2.45) is 0 Å². The molecule has 2 rings (SSSR count). The van der Waals surface area contributed by atoms with Gasteiger partial charge in [0.15, 0.2) is 0 Å². The molecule has 2 aromatic carbocycles. The van der Waals surface area contributed by atoms with Gasteiger partial charge in [-0.1, -0.05) is 18.2 Å². The zero-order valence-corrected chi connectivity index (χ0v) is 13.7. The van der Waals surface area contributed by atoms with Crippen molar-refractivity contribution in [3.63, 3.8) is 0 Å². The van der Waals surface area contributed by atoms with Crippen molar-refractivity contribution in [2.45, 2.75) is 18.6 Å². The van der Waals surface area contributed by atoms with Gasteiger partial charge in [0.1, 0.15) is 11.8 Å². The van der Waals surface area contributed by atoms with Gasteiger partial charge >= 0.3 is 12.1 Å². The van der Waals surface area contributed by atoms with Crippen molar-refractivity contribution in [3.8, 4) is 5.75 Å². The molecule has 0 bridgehead atoms. The van der Waals surface area contributed by atoms with Crippen molar-refractivity contribution >= 4 is 11.9 Å². The molecule has 2 aromatic rings. The van der Waals surface area contributed by atoms with Crippen molar-refractivity contribution in [1.29, 1.82) is 0 Å². The van der Waals surface area contributed by atoms with E-state index in [0.717, 1.165) is 13.2 Å². The van der Waals surface area contributed by atoms with Crippen LogP contribution in [-0.2, 0) is 22.1 Å². The lowest BCUT2D eigenvalue weighted by Gasteiger charge is -2.19. The molecule has 26 heavy (non-hydrogen) atoms. The Morgan fingerprint density at radius 2 is 1.73 bits per heavy atom. The maximum atomic E-state index is 13.1. The summed E-state index contributed by atoms with van der Waals surface area (Å²) in [6, 6.07) is 8.71. The average molecular weight is 367 g/mol. The molecule has 1 amide bonds. The number of aromatic hydroxyl groups is 1. The van der Waals surface area contributed by atoms with Crippen LogP contribution in [0.15, 0.2) is 48.5 Å². The number of rotatable bonds is 5. The van der Waals surface area contributed by atoms with Crippen LogP contribution >= 0.6 is 0 Å².